The van der Waals surface area contributed by atoms with Gasteiger partial charge in [0.05, 0.1) is 19.1 Å². The lowest BCUT2D eigenvalue weighted by Crippen LogP contribution is -2.21. The predicted molar refractivity (Wildman–Crippen MR) is 59.5 cm³/mol. The molecule has 11 heteroatoms. The molecule has 124 valence electrons. The quantitative estimate of drug-likeness (QED) is 0.459. The molecule has 21 heavy (non-hydrogen) atoms. The molecule has 0 rings (SSSR count). The van der Waals surface area contributed by atoms with E-state index in [9.17, 15) is 31.5 Å². The summed E-state index contributed by atoms with van der Waals surface area (Å²) in [6.45, 7) is 4.13. The van der Waals surface area contributed by atoms with Gasteiger partial charge < -0.3 is 20.4 Å². The monoisotopic (exact) mass is 324 g/mol. The molecule has 0 bridgehead atoms. The third-order valence-electron chi connectivity index (χ3n) is 1.14. The fraction of sp³-hybridized carbons (Fsp3) is 0.400. The highest BCUT2D eigenvalue weighted by molar-refractivity contribution is 5.83. The lowest BCUT2D eigenvalue weighted by molar-refractivity contribution is -0.157. The number of rotatable bonds is 4. The van der Waals surface area contributed by atoms with Crippen molar-refractivity contribution in [3.05, 3.63) is 24.8 Å². The number of aliphatic carboxylic acids is 2. The van der Waals surface area contributed by atoms with Gasteiger partial charge in [0.2, 0.25) is 11.7 Å². The van der Waals surface area contributed by atoms with Crippen molar-refractivity contribution >= 4 is 11.9 Å². The topological polar surface area (TPSA) is 115 Å². The van der Waals surface area contributed by atoms with Gasteiger partial charge >= 0.3 is 18.1 Å². The Hall–Kier alpha value is -2.01. The molecule has 0 saturated heterocycles. The van der Waals surface area contributed by atoms with Crippen LogP contribution in [-0.4, -0.2) is 51.3 Å². The van der Waals surface area contributed by atoms with Crippen LogP contribution in [-0.2, 0) is 9.59 Å². The van der Waals surface area contributed by atoms with E-state index < -0.39 is 48.9 Å². The van der Waals surface area contributed by atoms with Crippen LogP contribution in [0, 0.1) is 0 Å². The number of halogens is 5. The van der Waals surface area contributed by atoms with Crippen molar-refractivity contribution in [1.29, 1.82) is 0 Å². The van der Waals surface area contributed by atoms with E-state index >= 15 is 0 Å². The van der Waals surface area contributed by atoms with Crippen LogP contribution >= 0.6 is 0 Å². The van der Waals surface area contributed by atoms with Crippen molar-refractivity contribution in [1.82, 2.24) is 0 Å². The predicted octanol–water partition coefficient (Wildman–Crippen LogP) is 1.40. The van der Waals surface area contributed by atoms with Crippen molar-refractivity contribution in [2.75, 3.05) is 6.61 Å². The molecule has 0 amide bonds. The number of carbonyl (C=O) groups is 2. The summed E-state index contributed by atoms with van der Waals surface area (Å²) in [5.74, 6) is -5.85. The molecular weight excluding hydrogens is 311 g/mol. The van der Waals surface area contributed by atoms with Crippen molar-refractivity contribution in [3.63, 3.8) is 0 Å². The first-order chi connectivity index (χ1) is 9.24. The highest BCUT2D eigenvalue weighted by atomic mass is 19.4. The molecule has 0 heterocycles. The summed E-state index contributed by atoms with van der Waals surface area (Å²) >= 11 is 0. The minimum atomic E-state index is -4.39. The highest BCUT2D eigenvalue weighted by Gasteiger charge is 2.30. The molecule has 0 aromatic heterocycles. The van der Waals surface area contributed by atoms with Gasteiger partial charge in [0.15, 0.2) is 0 Å². The third-order valence-corrected chi connectivity index (χ3v) is 1.14. The Morgan fingerprint density at radius 2 is 1.24 bits per heavy atom. The largest absolute Gasteiger partial charge is 0.476 e. The summed E-state index contributed by atoms with van der Waals surface area (Å²) in [5.41, 5.74) is 0. The smallest absolute Gasteiger partial charge is 0.391 e. The van der Waals surface area contributed by atoms with E-state index in [0.29, 0.717) is 0 Å². The van der Waals surface area contributed by atoms with E-state index in [-0.39, 0.29) is 0 Å². The molecule has 0 aliphatic rings. The minimum absolute atomic E-state index is 0.848. The Morgan fingerprint density at radius 3 is 1.29 bits per heavy atom. The Morgan fingerprint density at radius 1 is 1.00 bits per heavy atom. The van der Waals surface area contributed by atoms with Gasteiger partial charge in [-0.2, -0.15) is 22.0 Å². The first-order valence-corrected chi connectivity index (χ1v) is 4.75. The average molecular weight is 324 g/mol. The molecular formula is C10H13F5O6. The zero-order valence-corrected chi connectivity index (χ0v) is 10.4. The Bertz CT molecular complexity index is 317. The lowest BCUT2D eigenvalue weighted by Gasteiger charge is -2.08. The fourth-order valence-electron chi connectivity index (χ4n) is 0.332. The Kier molecular flexibility index (Phi) is 13.5. The maximum Gasteiger partial charge on any atom is 0.391 e. The molecule has 1 unspecified atom stereocenters. The Labute approximate surface area is 115 Å². The summed E-state index contributed by atoms with van der Waals surface area (Å²) < 4.78 is 55.7. The van der Waals surface area contributed by atoms with Crippen molar-refractivity contribution in [2.45, 2.75) is 18.7 Å². The number of aliphatic hydroxyl groups excluding tert-OH is 2. The molecule has 1 atom stereocenters. The molecule has 0 aliphatic heterocycles. The normalized spacial score (nSPS) is 11.0. The maximum absolute atomic E-state index is 11.2. The molecule has 6 nitrogen and oxygen atoms in total. The van der Waals surface area contributed by atoms with Crippen LogP contribution in [0.3, 0.4) is 0 Å². The summed E-state index contributed by atoms with van der Waals surface area (Å²) in [7, 11) is 0. The van der Waals surface area contributed by atoms with E-state index in [0.717, 1.165) is 0 Å². The van der Waals surface area contributed by atoms with Crippen molar-refractivity contribution < 1.29 is 52.0 Å². The van der Waals surface area contributed by atoms with Crippen molar-refractivity contribution in [2.24, 2.45) is 0 Å². The summed E-state index contributed by atoms with van der Waals surface area (Å²) in [6.07, 6.45) is -7.41. The number of alkyl halides is 3. The summed E-state index contributed by atoms with van der Waals surface area (Å²) in [6, 6.07) is 0. The van der Waals surface area contributed by atoms with Crippen LogP contribution in [0.1, 0.15) is 6.42 Å². The van der Waals surface area contributed by atoms with Crippen molar-refractivity contribution in [3.8, 4) is 0 Å². The molecule has 0 radical (unpaired) electrons. The highest BCUT2D eigenvalue weighted by Crippen LogP contribution is 2.20. The lowest BCUT2D eigenvalue weighted by atomic mass is 10.3. The van der Waals surface area contributed by atoms with Gasteiger partial charge in [-0.25, -0.2) is 9.59 Å². The van der Waals surface area contributed by atoms with Gasteiger partial charge in [0.25, 0.3) is 0 Å². The van der Waals surface area contributed by atoms with E-state index in [1.165, 1.54) is 0 Å². The zero-order chi connectivity index (χ0) is 17.8. The van der Waals surface area contributed by atoms with E-state index in [4.69, 9.17) is 20.4 Å². The van der Waals surface area contributed by atoms with Crippen LogP contribution in [0.4, 0.5) is 22.0 Å². The van der Waals surface area contributed by atoms with Gasteiger partial charge in [0.1, 0.15) is 0 Å². The van der Waals surface area contributed by atoms with Crippen LogP contribution in [0.2, 0.25) is 0 Å². The average Bonchev–Trinajstić information content (AvgIpc) is 2.27. The van der Waals surface area contributed by atoms with E-state index in [2.05, 4.69) is 13.2 Å². The Balaban J connectivity index is -0.000000240. The maximum atomic E-state index is 11.2. The third kappa shape index (κ3) is 27.3. The number of carboxylic acids is 2. The van der Waals surface area contributed by atoms with Crippen LogP contribution in [0.5, 0.6) is 0 Å². The van der Waals surface area contributed by atoms with Crippen LogP contribution in [0.25, 0.3) is 0 Å². The van der Waals surface area contributed by atoms with Gasteiger partial charge in [-0.15, -0.1) is 0 Å². The van der Waals surface area contributed by atoms with Gasteiger partial charge in [-0.3, -0.25) is 0 Å². The molecule has 0 aliphatic carbocycles. The second kappa shape index (κ2) is 11.8. The molecule has 4 N–H and O–H groups in total. The number of aliphatic hydroxyl groups is 2. The second-order valence-electron chi connectivity index (χ2n) is 3.08. The first-order valence-electron chi connectivity index (χ1n) is 4.75. The van der Waals surface area contributed by atoms with Crippen LogP contribution in [0.15, 0.2) is 24.8 Å². The SMILES string of the molecule is C=C(F)C(=O)O.C=C(F)C(=O)O.OCC(O)CC(F)(F)F. The summed E-state index contributed by atoms with van der Waals surface area (Å²) in [5, 5.41) is 31.2. The molecule has 0 fully saturated rings. The van der Waals surface area contributed by atoms with Gasteiger partial charge in [0, 0.05) is 0 Å². The number of carboxylic acid groups (broad SMARTS) is 2. The summed E-state index contributed by atoms with van der Waals surface area (Å²) in [4.78, 5) is 18.4. The standard InChI is InChI=1S/C4H7F3O2.2C3H3FO2/c5-4(6,7)1-3(9)2-8;2*1-2(4)3(5)6/h3,8-9H,1-2H2;2*1H2,(H,5,6). The second-order valence-corrected chi connectivity index (χ2v) is 3.08. The van der Waals surface area contributed by atoms with E-state index in [1.807, 2.05) is 0 Å². The number of hydrogen-bond acceptors (Lipinski definition) is 4. The van der Waals surface area contributed by atoms with Crippen LogP contribution < -0.4 is 0 Å². The first kappa shape index (κ1) is 24.0. The zero-order valence-electron chi connectivity index (χ0n) is 10.4. The fourth-order valence-corrected chi connectivity index (χ4v) is 0.332. The molecule has 0 aromatic carbocycles. The number of hydrogen-bond donors (Lipinski definition) is 4. The molecule has 0 aromatic rings. The van der Waals surface area contributed by atoms with Gasteiger partial charge in [-0.05, 0) is 0 Å². The molecule has 0 saturated carbocycles. The van der Waals surface area contributed by atoms with Gasteiger partial charge in [-0.1, -0.05) is 13.2 Å². The molecule has 0 spiro atoms. The van der Waals surface area contributed by atoms with E-state index in [1.54, 1.807) is 0 Å². The minimum Gasteiger partial charge on any atom is -0.476 e.